The SMILES string of the molecule is c1ccc(-c2ccc3c(c2)[Si](c2ccccc2)(c2ccccc2)c2cc(-n4cc(-c5ccccc5)c5cc(-c6ccccc6)ccc54)ccc2-3)cc1. The molecule has 0 saturated carbocycles. The third-order valence-electron chi connectivity index (χ3n) is 10.9. The molecule has 1 aliphatic heterocycles. The summed E-state index contributed by atoms with van der Waals surface area (Å²) in [7, 11) is -2.75. The van der Waals surface area contributed by atoms with Gasteiger partial charge in [-0.15, -0.1) is 0 Å². The normalized spacial score (nSPS) is 12.8. The summed E-state index contributed by atoms with van der Waals surface area (Å²) in [6.45, 7) is 0. The molecule has 0 aliphatic carbocycles. The van der Waals surface area contributed by atoms with Gasteiger partial charge in [-0.25, -0.2) is 0 Å². The predicted molar refractivity (Wildman–Crippen MR) is 222 cm³/mol. The van der Waals surface area contributed by atoms with Crippen molar-refractivity contribution in [2.24, 2.45) is 0 Å². The Labute approximate surface area is 305 Å². The molecule has 0 amide bonds. The molecule has 0 saturated heterocycles. The van der Waals surface area contributed by atoms with Crippen molar-refractivity contribution in [1.29, 1.82) is 0 Å². The van der Waals surface area contributed by atoms with E-state index < -0.39 is 8.07 Å². The zero-order valence-electron chi connectivity index (χ0n) is 28.7. The van der Waals surface area contributed by atoms with Crippen molar-refractivity contribution in [3.05, 3.63) is 212 Å². The van der Waals surface area contributed by atoms with E-state index in [1.807, 2.05) is 0 Å². The number of nitrogens with zero attached hydrogens (tertiary/aromatic N) is 1. The largest absolute Gasteiger partial charge is 0.316 e. The number of hydrogen-bond donors (Lipinski definition) is 0. The molecule has 0 N–H and O–H groups in total. The molecule has 0 spiro atoms. The highest BCUT2D eigenvalue weighted by atomic mass is 28.3. The van der Waals surface area contributed by atoms with Crippen LogP contribution >= 0.6 is 0 Å². The van der Waals surface area contributed by atoms with Crippen LogP contribution in [0.5, 0.6) is 0 Å². The van der Waals surface area contributed by atoms with Gasteiger partial charge in [-0.1, -0.05) is 182 Å². The molecule has 0 bridgehead atoms. The Balaban J connectivity index is 1.24. The summed E-state index contributed by atoms with van der Waals surface area (Å²) in [4.78, 5) is 0. The Morgan fingerprint density at radius 3 is 1.37 bits per heavy atom. The molecule has 2 heteroatoms. The number of rotatable bonds is 6. The van der Waals surface area contributed by atoms with E-state index in [9.17, 15) is 0 Å². The summed E-state index contributed by atoms with van der Waals surface area (Å²) in [5.41, 5.74) is 12.5. The maximum absolute atomic E-state index is 2.75. The third-order valence-corrected chi connectivity index (χ3v) is 15.8. The molecule has 0 atom stereocenters. The van der Waals surface area contributed by atoms with Crippen molar-refractivity contribution in [1.82, 2.24) is 4.57 Å². The minimum Gasteiger partial charge on any atom is -0.316 e. The topological polar surface area (TPSA) is 4.93 Å². The lowest BCUT2D eigenvalue weighted by molar-refractivity contribution is 1.13. The molecular weight excluding hydrogens is 643 g/mol. The lowest BCUT2D eigenvalue weighted by atomic mass is 10.00. The van der Waals surface area contributed by atoms with Crippen molar-refractivity contribution >= 4 is 39.7 Å². The van der Waals surface area contributed by atoms with Gasteiger partial charge in [-0.05, 0) is 84.0 Å². The first-order valence-electron chi connectivity index (χ1n) is 18.0. The average molecular weight is 678 g/mol. The second kappa shape index (κ2) is 12.4. The van der Waals surface area contributed by atoms with E-state index in [1.165, 1.54) is 81.8 Å². The average Bonchev–Trinajstić information content (AvgIpc) is 3.76. The second-order valence-corrected chi connectivity index (χ2v) is 17.4. The van der Waals surface area contributed by atoms with Crippen LogP contribution in [0.1, 0.15) is 0 Å². The Kier molecular flexibility index (Phi) is 7.23. The van der Waals surface area contributed by atoms with Crippen LogP contribution in [-0.2, 0) is 0 Å². The van der Waals surface area contributed by atoms with Crippen LogP contribution in [0.4, 0.5) is 0 Å². The van der Waals surface area contributed by atoms with Gasteiger partial charge < -0.3 is 4.57 Å². The van der Waals surface area contributed by atoms with Crippen LogP contribution in [0.25, 0.3) is 61.1 Å². The molecule has 10 rings (SSSR count). The summed E-state index contributed by atoms with van der Waals surface area (Å²) in [5, 5.41) is 6.94. The van der Waals surface area contributed by atoms with Gasteiger partial charge >= 0.3 is 0 Å². The quantitative estimate of drug-likeness (QED) is 0.155. The van der Waals surface area contributed by atoms with E-state index in [-0.39, 0.29) is 0 Å². The van der Waals surface area contributed by atoms with Gasteiger partial charge in [-0.3, -0.25) is 0 Å². The lowest BCUT2D eigenvalue weighted by Crippen LogP contribution is -2.72. The van der Waals surface area contributed by atoms with Gasteiger partial charge in [0, 0.05) is 22.8 Å². The van der Waals surface area contributed by atoms with Gasteiger partial charge in [0.2, 0.25) is 0 Å². The zero-order valence-corrected chi connectivity index (χ0v) is 29.7. The number of fused-ring (bicyclic) bond motifs is 4. The fourth-order valence-electron chi connectivity index (χ4n) is 8.54. The van der Waals surface area contributed by atoms with Crippen molar-refractivity contribution in [2.45, 2.75) is 0 Å². The molecule has 0 fully saturated rings. The lowest BCUT2D eigenvalue weighted by Gasteiger charge is -2.32. The fourth-order valence-corrected chi connectivity index (χ4v) is 13.8. The number of aromatic nitrogens is 1. The Hall–Kier alpha value is -6.48. The van der Waals surface area contributed by atoms with Gasteiger partial charge in [-0.2, -0.15) is 0 Å². The van der Waals surface area contributed by atoms with Gasteiger partial charge in [0.1, 0.15) is 0 Å². The maximum atomic E-state index is 2.52. The Bertz CT molecular complexity index is 2660. The van der Waals surface area contributed by atoms with Crippen molar-refractivity contribution in [3.8, 4) is 50.2 Å². The Morgan fingerprint density at radius 1 is 0.327 bits per heavy atom. The zero-order chi connectivity index (χ0) is 34.5. The highest BCUT2D eigenvalue weighted by molar-refractivity contribution is 7.22. The molecule has 8 aromatic carbocycles. The Morgan fingerprint density at radius 2 is 0.788 bits per heavy atom. The monoisotopic (exact) mass is 677 g/mol. The van der Waals surface area contributed by atoms with Crippen LogP contribution in [0, 0.1) is 0 Å². The van der Waals surface area contributed by atoms with Crippen molar-refractivity contribution < 1.29 is 0 Å². The number of benzene rings is 8. The number of hydrogen-bond acceptors (Lipinski definition) is 0. The molecule has 0 radical (unpaired) electrons. The van der Waals surface area contributed by atoms with E-state index in [4.69, 9.17) is 0 Å². The molecule has 52 heavy (non-hydrogen) atoms. The van der Waals surface area contributed by atoms with Crippen LogP contribution in [0.15, 0.2) is 212 Å². The van der Waals surface area contributed by atoms with E-state index in [2.05, 4.69) is 217 Å². The minimum atomic E-state index is -2.75. The van der Waals surface area contributed by atoms with E-state index in [1.54, 1.807) is 0 Å². The predicted octanol–water partition coefficient (Wildman–Crippen LogP) is 9.99. The van der Waals surface area contributed by atoms with Gasteiger partial charge in [0.05, 0.1) is 5.52 Å². The molecule has 0 unspecified atom stereocenters. The summed E-state index contributed by atoms with van der Waals surface area (Å²) in [5.74, 6) is 0. The molecule has 2 heterocycles. The fraction of sp³-hybridized carbons (Fsp3) is 0. The molecular formula is C50H35NSi. The van der Waals surface area contributed by atoms with Gasteiger partial charge in [0.15, 0.2) is 8.07 Å². The van der Waals surface area contributed by atoms with Crippen LogP contribution in [-0.4, -0.2) is 12.6 Å². The minimum absolute atomic E-state index is 1.18. The first-order chi connectivity index (χ1) is 25.8. The molecule has 244 valence electrons. The summed E-state index contributed by atoms with van der Waals surface area (Å²) in [6, 6.07) is 76.3. The van der Waals surface area contributed by atoms with Crippen molar-refractivity contribution in [2.75, 3.05) is 0 Å². The van der Waals surface area contributed by atoms with Crippen molar-refractivity contribution in [3.63, 3.8) is 0 Å². The highest BCUT2D eigenvalue weighted by Crippen LogP contribution is 2.37. The maximum Gasteiger partial charge on any atom is 0.180 e. The third kappa shape index (κ3) is 4.76. The first-order valence-corrected chi connectivity index (χ1v) is 20.0. The van der Waals surface area contributed by atoms with E-state index >= 15 is 0 Å². The molecule has 1 aromatic heterocycles. The molecule has 1 aliphatic rings. The summed E-state index contributed by atoms with van der Waals surface area (Å²) >= 11 is 0. The first kappa shape index (κ1) is 30.4. The van der Waals surface area contributed by atoms with E-state index in [0.29, 0.717) is 0 Å². The summed E-state index contributed by atoms with van der Waals surface area (Å²) < 4.78 is 2.42. The van der Waals surface area contributed by atoms with Crippen LogP contribution < -0.4 is 20.7 Å². The van der Waals surface area contributed by atoms with Gasteiger partial charge in [0.25, 0.3) is 0 Å². The van der Waals surface area contributed by atoms with Crippen LogP contribution in [0.3, 0.4) is 0 Å². The highest BCUT2D eigenvalue weighted by Gasteiger charge is 2.49. The molecule has 1 nitrogen and oxygen atoms in total. The molecule has 9 aromatic rings. The van der Waals surface area contributed by atoms with Crippen LogP contribution in [0.2, 0.25) is 0 Å². The smallest absolute Gasteiger partial charge is 0.180 e. The van der Waals surface area contributed by atoms with E-state index in [0.717, 1.165) is 0 Å². The second-order valence-electron chi connectivity index (χ2n) is 13.7. The summed E-state index contributed by atoms with van der Waals surface area (Å²) in [6.07, 6.45) is 2.35. The standard InChI is InChI=1S/C50H35NSi/c1-6-16-36(17-7-1)39-27-31-48-46(32-39)47(38-20-10-3-11-21-38)35-51(48)41-28-30-45-44-29-26-40(37-18-8-2-9-19-37)33-49(44)52(50(45)34-41,42-22-12-4-13-23-42)43-24-14-5-15-25-43/h1-35H.